The van der Waals surface area contributed by atoms with E-state index >= 15 is 0 Å². The third-order valence-electron chi connectivity index (χ3n) is 1.93. The molecule has 5 nitrogen and oxygen atoms in total. The minimum Gasteiger partial charge on any atom is -0.325 e. The van der Waals surface area contributed by atoms with Crippen LogP contribution in [0.15, 0.2) is 10.9 Å². The van der Waals surface area contributed by atoms with Gasteiger partial charge in [-0.15, -0.1) is 0 Å². The van der Waals surface area contributed by atoms with Crippen molar-refractivity contribution in [3.05, 3.63) is 33.2 Å². The van der Waals surface area contributed by atoms with Gasteiger partial charge in [0.1, 0.15) is 17.0 Å². The molecule has 1 aromatic heterocycles. The van der Waals surface area contributed by atoms with Gasteiger partial charge in [-0.25, -0.2) is 0 Å². The van der Waals surface area contributed by atoms with E-state index in [0.717, 1.165) is 11.8 Å². The lowest BCUT2D eigenvalue weighted by molar-refractivity contribution is 0.102. The number of hydrogen-bond acceptors (Lipinski definition) is 5. The Balaban J connectivity index is 3.16. The zero-order valence-electron chi connectivity index (χ0n) is 8.40. The fourth-order valence-electron chi connectivity index (χ4n) is 1.17. The Bertz CT molecular complexity index is 563. The van der Waals surface area contributed by atoms with Crippen LogP contribution in [-0.4, -0.2) is 16.5 Å². The van der Waals surface area contributed by atoms with Crippen molar-refractivity contribution >= 4 is 17.5 Å². The first-order valence-electron chi connectivity index (χ1n) is 4.28. The van der Waals surface area contributed by atoms with Crippen molar-refractivity contribution in [3.8, 4) is 11.5 Å². The summed E-state index contributed by atoms with van der Waals surface area (Å²) < 4.78 is 0. The number of ketones is 1. The van der Waals surface area contributed by atoms with E-state index < -0.39 is 5.56 Å². The molecule has 1 heterocycles. The molecule has 1 rings (SSSR count). The van der Waals surface area contributed by atoms with Crippen molar-refractivity contribution in [2.45, 2.75) is 6.92 Å². The van der Waals surface area contributed by atoms with Crippen LogP contribution >= 0.6 is 11.8 Å². The Morgan fingerprint density at radius 1 is 1.56 bits per heavy atom. The number of carbonyl (C=O) groups is 1. The van der Waals surface area contributed by atoms with Crippen LogP contribution in [0, 0.1) is 28.9 Å². The molecule has 0 aliphatic carbocycles. The predicted molar refractivity (Wildman–Crippen MR) is 58.9 cm³/mol. The van der Waals surface area contributed by atoms with Gasteiger partial charge >= 0.3 is 0 Å². The summed E-state index contributed by atoms with van der Waals surface area (Å²) in [5.74, 6) is -0.273. The highest BCUT2D eigenvalue weighted by atomic mass is 32.2. The quantitative estimate of drug-likeness (QED) is 0.619. The second-order valence-corrected chi connectivity index (χ2v) is 3.73. The minimum atomic E-state index is -0.510. The number of Topliss-reactive ketones (excluding diaryl/α,β-unsaturated/α-hetero) is 1. The van der Waals surface area contributed by atoms with Gasteiger partial charge in [0.25, 0.3) is 5.56 Å². The number of aryl methyl sites for hydroxylation is 1. The maximum Gasteiger partial charge on any atom is 0.266 e. The summed E-state index contributed by atoms with van der Waals surface area (Å²) in [5, 5.41) is 18.8. The molecular formula is C10H7N3O2S. The average molecular weight is 233 g/mol. The second kappa shape index (κ2) is 5.15. The van der Waals surface area contributed by atoms with E-state index in [-0.39, 0.29) is 22.7 Å². The summed E-state index contributed by atoms with van der Waals surface area (Å²) in [6.07, 6.45) is 0. The van der Waals surface area contributed by atoms with Gasteiger partial charge in [-0.1, -0.05) is 0 Å². The Hall–Kier alpha value is -2.05. The zero-order valence-corrected chi connectivity index (χ0v) is 9.22. The van der Waals surface area contributed by atoms with E-state index in [0.29, 0.717) is 5.69 Å². The molecule has 0 atom stereocenters. The molecule has 16 heavy (non-hydrogen) atoms. The van der Waals surface area contributed by atoms with Crippen LogP contribution in [0.5, 0.6) is 0 Å². The number of aromatic amines is 1. The van der Waals surface area contributed by atoms with Gasteiger partial charge in [-0.05, 0) is 24.8 Å². The number of hydrogen-bond donors (Lipinski definition) is 1. The fraction of sp³-hybridized carbons (Fsp3) is 0.200. The zero-order chi connectivity index (χ0) is 12.1. The van der Waals surface area contributed by atoms with E-state index in [1.54, 1.807) is 18.4 Å². The lowest BCUT2D eigenvalue weighted by Crippen LogP contribution is -2.16. The second-order valence-electron chi connectivity index (χ2n) is 2.97. The van der Waals surface area contributed by atoms with Crippen molar-refractivity contribution < 1.29 is 4.79 Å². The van der Waals surface area contributed by atoms with E-state index in [1.165, 1.54) is 6.07 Å². The third-order valence-corrected chi connectivity index (χ3v) is 2.46. The third kappa shape index (κ3) is 2.50. The molecule has 1 aromatic rings. The number of pyridine rings is 1. The highest BCUT2D eigenvalue weighted by Crippen LogP contribution is 2.09. The fourth-order valence-corrected chi connectivity index (χ4v) is 1.52. The van der Waals surface area contributed by atoms with Gasteiger partial charge in [0.05, 0.1) is 5.75 Å². The van der Waals surface area contributed by atoms with Crippen LogP contribution in [0.3, 0.4) is 0 Å². The molecule has 1 N–H and O–H groups in total. The Labute approximate surface area is 95.7 Å². The van der Waals surface area contributed by atoms with Crippen LogP contribution in [-0.2, 0) is 0 Å². The van der Waals surface area contributed by atoms with Gasteiger partial charge < -0.3 is 4.98 Å². The maximum absolute atomic E-state index is 11.6. The van der Waals surface area contributed by atoms with Gasteiger partial charge in [0.2, 0.25) is 0 Å². The molecule has 0 aromatic carbocycles. The molecule has 0 aliphatic rings. The number of aromatic nitrogens is 1. The van der Waals surface area contributed by atoms with E-state index in [4.69, 9.17) is 10.5 Å². The number of thioether (sulfide) groups is 1. The van der Waals surface area contributed by atoms with Crippen molar-refractivity contribution in [3.63, 3.8) is 0 Å². The number of nitrogens with zero attached hydrogens (tertiary/aromatic N) is 2. The molecule has 0 bridgehead atoms. The number of nitriles is 2. The van der Waals surface area contributed by atoms with E-state index in [9.17, 15) is 9.59 Å². The van der Waals surface area contributed by atoms with Gasteiger partial charge in [0.15, 0.2) is 5.78 Å². The van der Waals surface area contributed by atoms with Gasteiger partial charge in [-0.2, -0.15) is 10.5 Å². The predicted octanol–water partition coefficient (Wildman–Crippen LogP) is 0.952. The van der Waals surface area contributed by atoms with Gasteiger partial charge in [-0.3, -0.25) is 9.59 Å². The van der Waals surface area contributed by atoms with E-state index in [1.807, 2.05) is 0 Å². The average Bonchev–Trinajstić information content (AvgIpc) is 2.26. The van der Waals surface area contributed by atoms with Crippen molar-refractivity contribution in [2.24, 2.45) is 0 Å². The molecular weight excluding hydrogens is 226 g/mol. The van der Waals surface area contributed by atoms with Crippen molar-refractivity contribution in [1.82, 2.24) is 4.98 Å². The summed E-state index contributed by atoms with van der Waals surface area (Å²) in [7, 11) is 0. The number of thiocyanates is 1. The number of rotatable bonds is 3. The van der Waals surface area contributed by atoms with E-state index in [2.05, 4.69) is 4.98 Å². The largest absolute Gasteiger partial charge is 0.325 e. The number of carbonyl (C=O) groups excluding carboxylic acids is 1. The standard InChI is InChI=1S/C10H7N3O2S/c1-6-8(9(14)4-16-5-12)2-7(3-11)10(15)13-6/h2H,4H2,1H3,(H,13,15). The Morgan fingerprint density at radius 2 is 2.25 bits per heavy atom. The topological polar surface area (TPSA) is 97.5 Å². The monoisotopic (exact) mass is 233 g/mol. The lowest BCUT2D eigenvalue weighted by atomic mass is 10.1. The summed E-state index contributed by atoms with van der Waals surface area (Å²) in [6, 6.07) is 2.96. The molecule has 0 amide bonds. The number of H-pyrrole nitrogens is 1. The van der Waals surface area contributed by atoms with Crippen molar-refractivity contribution in [2.75, 3.05) is 5.75 Å². The van der Waals surface area contributed by atoms with Crippen LogP contribution < -0.4 is 5.56 Å². The first-order valence-corrected chi connectivity index (χ1v) is 5.26. The van der Waals surface area contributed by atoms with Gasteiger partial charge in [0, 0.05) is 11.3 Å². The molecule has 0 saturated carbocycles. The van der Waals surface area contributed by atoms with Crippen LogP contribution in [0.4, 0.5) is 0 Å². The highest BCUT2D eigenvalue weighted by molar-refractivity contribution is 8.04. The van der Waals surface area contributed by atoms with Crippen LogP contribution in [0.2, 0.25) is 0 Å². The summed E-state index contributed by atoms with van der Waals surface area (Å²) in [4.78, 5) is 25.2. The number of nitrogens with one attached hydrogen (secondary N) is 1. The highest BCUT2D eigenvalue weighted by Gasteiger charge is 2.12. The molecule has 0 aliphatic heterocycles. The van der Waals surface area contributed by atoms with Crippen LogP contribution in [0.1, 0.15) is 21.6 Å². The molecule has 0 saturated heterocycles. The molecule has 0 spiro atoms. The molecule has 0 fully saturated rings. The SMILES string of the molecule is Cc1[nH]c(=O)c(C#N)cc1C(=O)CSC#N. The minimum absolute atomic E-state index is 0.00819. The molecule has 6 heteroatoms. The first-order chi connectivity index (χ1) is 7.60. The van der Waals surface area contributed by atoms with Crippen molar-refractivity contribution in [1.29, 1.82) is 10.5 Å². The Morgan fingerprint density at radius 3 is 2.81 bits per heavy atom. The summed E-state index contributed by atoms with van der Waals surface area (Å²) >= 11 is 0.818. The molecule has 0 radical (unpaired) electrons. The first kappa shape index (κ1) is 12.0. The maximum atomic E-state index is 11.6. The summed E-state index contributed by atoms with van der Waals surface area (Å²) in [5.41, 5.74) is 0.0758. The molecule has 80 valence electrons. The van der Waals surface area contributed by atoms with Crippen LogP contribution in [0.25, 0.3) is 0 Å². The Kier molecular flexibility index (Phi) is 3.87. The smallest absolute Gasteiger partial charge is 0.266 e. The molecule has 0 unspecified atom stereocenters. The normalized spacial score (nSPS) is 9.19. The summed E-state index contributed by atoms with van der Waals surface area (Å²) in [6.45, 7) is 1.58. The lowest BCUT2D eigenvalue weighted by Gasteiger charge is -2.02.